The molecular weight excluding hydrogens is 194 g/mol. The summed E-state index contributed by atoms with van der Waals surface area (Å²) in [7, 11) is 0. The number of H-pyrrole nitrogens is 2. The first-order valence-electron chi connectivity index (χ1n) is 3.21. The lowest BCUT2D eigenvalue weighted by atomic mass is 10.5. The maximum atomic E-state index is 11.2. The van der Waals surface area contributed by atoms with Crippen molar-refractivity contribution in [2.45, 2.75) is 0 Å². The van der Waals surface area contributed by atoms with Gasteiger partial charge in [-0.15, -0.1) is 0 Å². The Hall–Kier alpha value is -1.14. The molecule has 2 N–H and O–H groups in total. The highest BCUT2D eigenvalue weighted by Crippen LogP contribution is 2.09. The van der Waals surface area contributed by atoms with Crippen LogP contribution in [0.2, 0.25) is 0 Å². The van der Waals surface area contributed by atoms with Gasteiger partial charge in [0.2, 0.25) is 4.77 Å². The van der Waals surface area contributed by atoms with Crippen LogP contribution in [0.25, 0.3) is 5.69 Å². The van der Waals surface area contributed by atoms with E-state index in [1.165, 1.54) is 15.9 Å². The molecule has 2 aromatic rings. The van der Waals surface area contributed by atoms with Crippen molar-refractivity contribution in [3.63, 3.8) is 0 Å². The lowest BCUT2D eigenvalue weighted by Crippen LogP contribution is -2.13. The summed E-state index contributed by atoms with van der Waals surface area (Å²) < 4.78 is 1.80. The number of rotatable bonds is 1. The Morgan fingerprint density at radius 2 is 2.33 bits per heavy atom. The molecule has 0 aliphatic carbocycles. The minimum atomic E-state index is -0.238. The molecule has 0 unspecified atom stereocenters. The zero-order chi connectivity index (χ0) is 8.55. The average molecular weight is 199 g/mol. The van der Waals surface area contributed by atoms with Crippen LogP contribution in [-0.4, -0.2) is 14.8 Å². The molecule has 2 rings (SSSR count). The maximum absolute atomic E-state index is 11.2. The molecule has 0 spiro atoms. The quantitative estimate of drug-likeness (QED) is 0.680. The summed E-state index contributed by atoms with van der Waals surface area (Å²) in [5, 5.41) is 8.73. The molecule has 0 radical (unpaired) electrons. The van der Waals surface area contributed by atoms with Gasteiger partial charge >= 0.3 is 5.69 Å². The van der Waals surface area contributed by atoms with Crippen LogP contribution < -0.4 is 5.69 Å². The Bertz CT molecular complexity index is 448. The van der Waals surface area contributed by atoms with Gasteiger partial charge in [-0.1, -0.05) is 0 Å². The fraction of sp³-hybridized carbons (Fsp3) is 0. The van der Waals surface area contributed by atoms with E-state index in [9.17, 15) is 4.79 Å². The molecule has 0 fully saturated rings. The lowest BCUT2D eigenvalue weighted by Gasteiger charge is -1.91. The van der Waals surface area contributed by atoms with Crippen LogP contribution in [0.4, 0.5) is 0 Å². The summed E-state index contributed by atoms with van der Waals surface area (Å²) in [6.45, 7) is 0. The topological polar surface area (TPSA) is 53.6 Å². The maximum Gasteiger partial charge on any atom is 0.347 e. The fourth-order valence-corrected chi connectivity index (χ4v) is 1.79. The Labute approximate surface area is 76.5 Å². The van der Waals surface area contributed by atoms with Crippen LogP contribution in [-0.2, 0) is 0 Å². The number of aromatic nitrogens is 3. The van der Waals surface area contributed by atoms with Gasteiger partial charge in [-0.05, 0) is 23.7 Å². The molecule has 0 amide bonds. The van der Waals surface area contributed by atoms with Gasteiger partial charge in [0.25, 0.3) is 0 Å². The summed E-state index contributed by atoms with van der Waals surface area (Å²) in [5.74, 6) is 0. The van der Waals surface area contributed by atoms with E-state index < -0.39 is 0 Å². The summed E-state index contributed by atoms with van der Waals surface area (Å²) in [4.78, 5) is 11.2. The molecule has 0 aliphatic heterocycles. The summed E-state index contributed by atoms with van der Waals surface area (Å²) in [6.07, 6.45) is 0. The highest BCUT2D eigenvalue weighted by molar-refractivity contribution is 7.71. The molecule has 2 aromatic heterocycles. The minimum absolute atomic E-state index is 0.238. The smallest absolute Gasteiger partial charge is 0.272 e. The molecule has 0 saturated heterocycles. The first-order valence-corrected chi connectivity index (χ1v) is 4.56. The van der Waals surface area contributed by atoms with Crippen LogP contribution >= 0.6 is 23.6 Å². The van der Waals surface area contributed by atoms with E-state index in [4.69, 9.17) is 12.2 Å². The molecule has 0 atom stereocenters. The Morgan fingerprint density at radius 1 is 1.50 bits per heavy atom. The normalized spacial score (nSPS) is 10.3. The van der Waals surface area contributed by atoms with Gasteiger partial charge in [-0.3, -0.25) is 5.10 Å². The number of nitrogens with zero attached hydrogens (tertiary/aromatic N) is 1. The summed E-state index contributed by atoms with van der Waals surface area (Å²) >= 11 is 6.42. The predicted octanol–water partition coefficient (Wildman–Crippen LogP) is 1.28. The second kappa shape index (κ2) is 2.72. The molecule has 0 saturated carbocycles. The van der Waals surface area contributed by atoms with Crippen molar-refractivity contribution in [2.24, 2.45) is 0 Å². The van der Waals surface area contributed by atoms with Gasteiger partial charge in [-0.2, -0.15) is 11.3 Å². The Kier molecular flexibility index (Phi) is 1.70. The zero-order valence-corrected chi connectivity index (χ0v) is 7.54. The molecule has 12 heavy (non-hydrogen) atoms. The number of thiophene rings is 1. The third-order valence-corrected chi connectivity index (χ3v) is 2.40. The molecule has 0 aromatic carbocycles. The molecule has 2 heterocycles. The SMILES string of the molecule is O=c1[nH][nH]c(=S)n1-c1ccsc1. The zero-order valence-electron chi connectivity index (χ0n) is 5.90. The third kappa shape index (κ3) is 1.05. The van der Waals surface area contributed by atoms with Gasteiger partial charge in [0.15, 0.2) is 0 Å². The van der Waals surface area contributed by atoms with Crippen molar-refractivity contribution >= 4 is 23.6 Å². The summed E-state index contributed by atoms with van der Waals surface area (Å²) in [5.41, 5.74) is 0.561. The largest absolute Gasteiger partial charge is 0.347 e. The predicted molar refractivity (Wildman–Crippen MR) is 49.5 cm³/mol. The van der Waals surface area contributed by atoms with Crippen LogP contribution in [0.3, 0.4) is 0 Å². The molecule has 6 heteroatoms. The van der Waals surface area contributed by atoms with Crippen LogP contribution in [0.15, 0.2) is 21.6 Å². The van der Waals surface area contributed by atoms with E-state index >= 15 is 0 Å². The first-order chi connectivity index (χ1) is 5.79. The van der Waals surface area contributed by atoms with E-state index in [0.29, 0.717) is 4.77 Å². The van der Waals surface area contributed by atoms with E-state index in [1.54, 1.807) is 0 Å². The van der Waals surface area contributed by atoms with Gasteiger partial charge in [0.1, 0.15) is 0 Å². The van der Waals surface area contributed by atoms with Gasteiger partial charge in [-0.25, -0.2) is 14.5 Å². The van der Waals surface area contributed by atoms with Crippen molar-refractivity contribution in [3.8, 4) is 5.69 Å². The number of hydrogen-bond donors (Lipinski definition) is 2. The highest BCUT2D eigenvalue weighted by Gasteiger charge is 2.01. The molecule has 0 bridgehead atoms. The average Bonchev–Trinajstić information content (AvgIpc) is 2.61. The van der Waals surface area contributed by atoms with Crippen molar-refractivity contribution in [2.75, 3.05) is 0 Å². The molecule has 0 aliphatic rings. The third-order valence-electron chi connectivity index (χ3n) is 1.45. The lowest BCUT2D eigenvalue weighted by molar-refractivity contribution is 0.981. The highest BCUT2D eigenvalue weighted by atomic mass is 32.1. The van der Waals surface area contributed by atoms with Crippen LogP contribution in [0, 0.1) is 4.77 Å². The van der Waals surface area contributed by atoms with Crippen LogP contribution in [0.1, 0.15) is 0 Å². The van der Waals surface area contributed by atoms with E-state index in [1.807, 2.05) is 16.8 Å². The van der Waals surface area contributed by atoms with Crippen molar-refractivity contribution in [1.82, 2.24) is 14.8 Å². The summed E-state index contributed by atoms with van der Waals surface area (Å²) in [6, 6.07) is 1.84. The van der Waals surface area contributed by atoms with Crippen molar-refractivity contribution in [3.05, 3.63) is 32.1 Å². The fourth-order valence-electron chi connectivity index (χ4n) is 0.930. The van der Waals surface area contributed by atoms with E-state index in [-0.39, 0.29) is 5.69 Å². The second-order valence-corrected chi connectivity index (χ2v) is 3.34. The molecular formula is C6H5N3OS2. The molecule has 4 nitrogen and oxygen atoms in total. The Morgan fingerprint density at radius 3 is 2.83 bits per heavy atom. The minimum Gasteiger partial charge on any atom is -0.272 e. The van der Waals surface area contributed by atoms with E-state index in [0.717, 1.165) is 5.69 Å². The number of hydrogen-bond acceptors (Lipinski definition) is 3. The number of aromatic amines is 2. The van der Waals surface area contributed by atoms with E-state index in [2.05, 4.69) is 10.2 Å². The second-order valence-electron chi connectivity index (χ2n) is 2.18. The monoisotopic (exact) mass is 199 g/mol. The van der Waals surface area contributed by atoms with Gasteiger partial charge in [0.05, 0.1) is 5.69 Å². The molecule has 62 valence electrons. The first kappa shape index (κ1) is 7.51. The van der Waals surface area contributed by atoms with Crippen LogP contribution in [0.5, 0.6) is 0 Å². The number of nitrogens with one attached hydrogen (secondary N) is 2. The van der Waals surface area contributed by atoms with Gasteiger partial charge < -0.3 is 0 Å². The van der Waals surface area contributed by atoms with Crippen molar-refractivity contribution in [1.29, 1.82) is 0 Å². The van der Waals surface area contributed by atoms with Crippen molar-refractivity contribution < 1.29 is 0 Å². The van der Waals surface area contributed by atoms with Gasteiger partial charge in [0, 0.05) is 5.38 Å². The Balaban J connectivity index is 2.77. The standard InChI is InChI=1S/C6H5N3OS2/c10-5-7-8-6(11)9(5)4-1-2-12-3-4/h1-3H,(H,7,10)(H,8,11).